The van der Waals surface area contributed by atoms with Gasteiger partial charge >= 0.3 is 0 Å². The minimum atomic E-state index is -0.534. The Morgan fingerprint density at radius 1 is 1.15 bits per heavy atom. The molecule has 4 rings (SSSR count). The van der Waals surface area contributed by atoms with Crippen LogP contribution in [0.3, 0.4) is 0 Å². The van der Waals surface area contributed by atoms with Crippen molar-refractivity contribution in [2.75, 3.05) is 6.54 Å². The van der Waals surface area contributed by atoms with E-state index in [4.69, 9.17) is 0 Å². The second-order valence-electron chi connectivity index (χ2n) is 7.58. The Bertz CT molecular complexity index is 770. The molecule has 5 nitrogen and oxygen atoms in total. The third-order valence-corrected chi connectivity index (χ3v) is 6.12. The molecule has 2 bridgehead atoms. The van der Waals surface area contributed by atoms with Gasteiger partial charge in [0.05, 0.1) is 24.3 Å². The molecule has 1 aromatic carbocycles. The van der Waals surface area contributed by atoms with Crippen LogP contribution in [0.15, 0.2) is 36.4 Å². The Balaban J connectivity index is 1.70. The summed E-state index contributed by atoms with van der Waals surface area (Å²) in [6.07, 6.45) is 5.20. The van der Waals surface area contributed by atoms with Gasteiger partial charge in [-0.2, -0.15) is 0 Å². The number of likely N-dealkylation sites (tertiary alicyclic amines) is 1. The van der Waals surface area contributed by atoms with Crippen molar-refractivity contribution in [3.8, 4) is 0 Å². The van der Waals surface area contributed by atoms with Crippen LogP contribution in [0.25, 0.3) is 0 Å². The van der Waals surface area contributed by atoms with Gasteiger partial charge < -0.3 is 5.32 Å². The van der Waals surface area contributed by atoms with Crippen LogP contribution >= 0.6 is 0 Å². The lowest BCUT2D eigenvalue weighted by Gasteiger charge is -2.29. The number of nitrogens with one attached hydrogen (secondary N) is 1. The van der Waals surface area contributed by atoms with Crippen LogP contribution in [0.1, 0.15) is 36.9 Å². The highest BCUT2D eigenvalue weighted by atomic mass is 16.2. The first kappa shape index (κ1) is 17.0. The van der Waals surface area contributed by atoms with E-state index in [0.29, 0.717) is 6.54 Å². The highest BCUT2D eigenvalue weighted by Gasteiger charge is 2.60. The molecular weight excluding hydrogens is 328 g/mol. The molecule has 2 fully saturated rings. The zero-order chi connectivity index (χ0) is 18.4. The maximum absolute atomic E-state index is 13.2. The number of rotatable bonds is 5. The highest BCUT2D eigenvalue weighted by molar-refractivity contribution is 6.07. The van der Waals surface area contributed by atoms with Crippen molar-refractivity contribution in [1.82, 2.24) is 10.2 Å². The van der Waals surface area contributed by atoms with E-state index in [0.717, 1.165) is 17.5 Å². The average Bonchev–Trinajstić information content (AvgIpc) is 3.28. The number of carbonyl (C=O) groups is 3. The van der Waals surface area contributed by atoms with Crippen molar-refractivity contribution in [2.24, 2.45) is 23.7 Å². The smallest absolute Gasteiger partial charge is 0.234 e. The number of aryl methyl sites for hydroxylation is 1. The fourth-order valence-corrected chi connectivity index (χ4v) is 4.98. The van der Waals surface area contributed by atoms with E-state index in [9.17, 15) is 14.4 Å². The van der Waals surface area contributed by atoms with E-state index in [1.54, 1.807) is 0 Å². The fraction of sp³-hybridized carbons (Fsp3) is 0.476. The standard InChI is InChI=1S/C21H24N2O3/c1-3-22-17(24)11-16(15-7-5-4-6-12(15)2)23-20(25)18-13-8-9-14(10-13)19(18)21(23)26/h4-9,13-14,16,18-19H,3,10-11H2,1-2H3,(H,22,24). The second-order valence-corrected chi connectivity index (χ2v) is 7.58. The topological polar surface area (TPSA) is 66.5 Å². The molecule has 5 atom stereocenters. The minimum Gasteiger partial charge on any atom is -0.356 e. The molecule has 26 heavy (non-hydrogen) atoms. The quantitative estimate of drug-likeness (QED) is 0.653. The maximum atomic E-state index is 13.2. The molecule has 3 aliphatic rings. The first-order valence-corrected chi connectivity index (χ1v) is 9.40. The number of hydrogen-bond acceptors (Lipinski definition) is 3. The predicted octanol–water partition coefficient (Wildman–Crippen LogP) is 2.37. The Kier molecular flexibility index (Phi) is 4.17. The summed E-state index contributed by atoms with van der Waals surface area (Å²) in [7, 11) is 0. The van der Waals surface area contributed by atoms with Gasteiger partial charge in [0.25, 0.3) is 0 Å². The Morgan fingerprint density at radius 2 is 1.77 bits per heavy atom. The van der Waals surface area contributed by atoms with E-state index < -0.39 is 6.04 Å². The van der Waals surface area contributed by atoms with Crippen molar-refractivity contribution in [2.45, 2.75) is 32.7 Å². The Hall–Kier alpha value is -2.43. The van der Waals surface area contributed by atoms with Crippen LogP contribution in [-0.4, -0.2) is 29.2 Å². The van der Waals surface area contributed by atoms with E-state index in [2.05, 4.69) is 17.5 Å². The summed E-state index contributed by atoms with van der Waals surface area (Å²) < 4.78 is 0. The molecule has 0 aromatic heterocycles. The number of hydrogen-bond donors (Lipinski definition) is 1. The van der Waals surface area contributed by atoms with Crippen LogP contribution in [-0.2, 0) is 14.4 Å². The van der Waals surface area contributed by atoms with Crippen molar-refractivity contribution in [1.29, 1.82) is 0 Å². The highest BCUT2D eigenvalue weighted by Crippen LogP contribution is 2.54. The first-order chi connectivity index (χ1) is 12.5. The Labute approximate surface area is 153 Å². The SMILES string of the molecule is CCNC(=O)CC(c1ccccc1C)N1C(=O)C2C3C=CC(C3)C2C1=O. The summed E-state index contributed by atoms with van der Waals surface area (Å²) in [5.74, 6) is -0.471. The molecule has 5 heteroatoms. The molecule has 2 aliphatic carbocycles. The Morgan fingerprint density at radius 3 is 2.35 bits per heavy atom. The van der Waals surface area contributed by atoms with Gasteiger partial charge in [0.1, 0.15) is 0 Å². The molecule has 1 heterocycles. The van der Waals surface area contributed by atoms with Crippen molar-refractivity contribution >= 4 is 17.7 Å². The number of allylic oxidation sites excluding steroid dienone is 2. The zero-order valence-electron chi connectivity index (χ0n) is 15.1. The molecule has 1 saturated carbocycles. The van der Waals surface area contributed by atoms with Gasteiger partial charge in [0, 0.05) is 6.54 Å². The second kappa shape index (κ2) is 6.38. The zero-order valence-corrected chi connectivity index (χ0v) is 15.1. The molecule has 0 radical (unpaired) electrons. The van der Waals surface area contributed by atoms with Crippen LogP contribution in [0, 0.1) is 30.6 Å². The van der Waals surface area contributed by atoms with Gasteiger partial charge in [-0.15, -0.1) is 0 Å². The third kappa shape index (κ3) is 2.49. The summed E-state index contributed by atoms with van der Waals surface area (Å²) >= 11 is 0. The summed E-state index contributed by atoms with van der Waals surface area (Å²) in [5, 5.41) is 2.80. The average molecular weight is 352 g/mol. The number of amides is 3. The van der Waals surface area contributed by atoms with E-state index in [1.165, 1.54) is 4.90 Å². The summed E-state index contributed by atoms with van der Waals surface area (Å²) in [5.41, 5.74) is 1.86. The molecule has 0 spiro atoms. The van der Waals surface area contributed by atoms with Gasteiger partial charge in [-0.3, -0.25) is 19.3 Å². The van der Waals surface area contributed by atoms with Crippen LogP contribution in [0.5, 0.6) is 0 Å². The number of imide groups is 1. The van der Waals surface area contributed by atoms with E-state index in [1.807, 2.05) is 38.1 Å². The van der Waals surface area contributed by atoms with Gasteiger partial charge in [0.2, 0.25) is 17.7 Å². The van der Waals surface area contributed by atoms with Crippen molar-refractivity contribution in [3.63, 3.8) is 0 Å². The summed E-state index contributed by atoms with van der Waals surface area (Å²) in [4.78, 5) is 40.1. The maximum Gasteiger partial charge on any atom is 0.234 e. The molecule has 5 unspecified atom stereocenters. The fourth-order valence-electron chi connectivity index (χ4n) is 4.98. The monoisotopic (exact) mass is 352 g/mol. The number of benzene rings is 1. The number of nitrogens with zero attached hydrogens (tertiary/aromatic N) is 1. The van der Waals surface area contributed by atoms with Gasteiger partial charge in [-0.1, -0.05) is 36.4 Å². The van der Waals surface area contributed by atoms with Gasteiger partial charge in [-0.25, -0.2) is 0 Å². The molecule has 1 N–H and O–H groups in total. The van der Waals surface area contributed by atoms with Gasteiger partial charge in [-0.05, 0) is 43.2 Å². The largest absolute Gasteiger partial charge is 0.356 e. The van der Waals surface area contributed by atoms with Crippen molar-refractivity contribution < 1.29 is 14.4 Å². The van der Waals surface area contributed by atoms with E-state index >= 15 is 0 Å². The molecule has 1 aromatic rings. The normalized spacial score (nSPS) is 30.0. The van der Waals surface area contributed by atoms with Crippen LogP contribution in [0.4, 0.5) is 0 Å². The molecule has 1 saturated heterocycles. The summed E-state index contributed by atoms with van der Waals surface area (Å²) in [6, 6.07) is 7.16. The minimum absolute atomic E-state index is 0.102. The summed E-state index contributed by atoms with van der Waals surface area (Å²) in [6.45, 7) is 4.35. The lowest BCUT2D eigenvalue weighted by molar-refractivity contribution is -0.144. The molecular formula is C21H24N2O3. The van der Waals surface area contributed by atoms with E-state index in [-0.39, 0.29) is 47.8 Å². The predicted molar refractivity (Wildman–Crippen MR) is 96.8 cm³/mol. The number of carbonyl (C=O) groups excluding carboxylic acids is 3. The first-order valence-electron chi connectivity index (χ1n) is 9.40. The number of fused-ring (bicyclic) bond motifs is 5. The molecule has 136 valence electrons. The lowest BCUT2D eigenvalue weighted by atomic mass is 9.85. The molecule has 3 amide bonds. The molecule has 1 aliphatic heterocycles. The van der Waals surface area contributed by atoms with Crippen LogP contribution in [0.2, 0.25) is 0 Å². The lowest BCUT2D eigenvalue weighted by Crippen LogP contribution is -2.39. The van der Waals surface area contributed by atoms with Crippen LogP contribution < -0.4 is 5.32 Å². The third-order valence-electron chi connectivity index (χ3n) is 6.12. The van der Waals surface area contributed by atoms with Gasteiger partial charge in [0.15, 0.2) is 0 Å². The van der Waals surface area contributed by atoms with Crippen molar-refractivity contribution in [3.05, 3.63) is 47.5 Å².